The van der Waals surface area contributed by atoms with Crippen molar-refractivity contribution < 1.29 is 37.6 Å². The standard InChI is InChI=1S/C42H79O8P/c1-4-7-9-11-13-15-17-19-21-23-25-27-29-31-33-35-41(43)47-38-40(39-49-51(45,46)48-37-6-3)50-42(44)36-34-32-30-28-26-24-22-20-18-16-14-12-10-8-5-2/h19-22,40H,4-18,23-39H2,1-3H3,(H,45,46)/b21-19+,22-20+. The Labute approximate surface area is 313 Å². The first-order chi connectivity index (χ1) is 24.8. The van der Waals surface area contributed by atoms with Crippen LogP contribution in [-0.2, 0) is 32.7 Å². The third-order valence-corrected chi connectivity index (χ3v) is 9.88. The van der Waals surface area contributed by atoms with E-state index in [1.807, 2.05) is 6.92 Å². The van der Waals surface area contributed by atoms with E-state index in [4.69, 9.17) is 18.5 Å². The molecule has 2 atom stereocenters. The van der Waals surface area contributed by atoms with Crippen LogP contribution in [0, 0.1) is 0 Å². The summed E-state index contributed by atoms with van der Waals surface area (Å²) in [5.41, 5.74) is 0. The molecule has 0 amide bonds. The lowest BCUT2D eigenvalue weighted by molar-refractivity contribution is -0.161. The van der Waals surface area contributed by atoms with Crippen molar-refractivity contribution in [3.63, 3.8) is 0 Å². The van der Waals surface area contributed by atoms with Crippen LogP contribution in [0.15, 0.2) is 24.3 Å². The average Bonchev–Trinajstić information content (AvgIpc) is 3.11. The lowest BCUT2D eigenvalue weighted by Gasteiger charge is -2.20. The minimum Gasteiger partial charge on any atom is -0.462 e. The van der Waals surface area contributed by atoms with Crippen molar-refractivity contribution in [2.75, 3.05) is 19.8 Å². The van der Waals surface area contributed by atoms with E-state index in [9.17, 15) is 19.0 Å². The Kier molecular flexibility index (Phi) is 37.2. The first kappa shape index (κ1) is 49.5. The molecular weight excluding hydrogens is 663 g/mol. The molecule has 0 radical (unpaired) electrons. The van der Waals surface area contributed by atoms with Gasteiger partial charge in [0.25, 0.3) is 0 Å². The normalized spacial score (nSPS) is 13.6. The highest BCUT2D eigenvalue weighted by molar-refractivity contribution is 7.47. The number of esters is 2. The van der Waals surface area contributed by atoms with E-state index in [0.717, 1.165) is 70.6 Å². The summed E-state index contributed by atoms with van der Waals surface area (Å²) in [6.45, 7) is 5.76. The molecule has 1 N–H and O–H groups in total. The summed E-state index contributed by atoms with van der Waals surface area (Å²) in [7, 11) is -4.29. The van der Waals surface area contributed by atoms with Gasteiger partial charge in [0, 0.05) is 12.8 Å². The topological polar surface area (TPSA) is 108 Å². The maximum atomic E-state index is 12.6. The summed E-state index contributed by atoms with van der Waals surface area (Å²) < 4.78 is 33.0. The molecule has 8 nitrogen and oxygen atoms in total. The van der Waals surface area contributed by atoms with Crippen molar-refractivity contribution >= 4 is 19.8 Å². The summed E-state index contributed by atoms with van der Waals surface area (Å²) in [6.07, 6.45) is 40.0. The highest BCUT2D eigenvalue weighted by Gasteiger charge is 2.25. The first-order valence-electron chi connectivity index (χ1n) is 21.1. The molecule has 300 valence electrons. The van der Waals surface area contributed by atoms with E-state index in [1.54, 1.807) is 0 Å². The van der Waals surface area contributed by atoms with Crippen molar-refractivity contribution in [3.05, 3.63) is 24.3 Å². The third-order valence-electron chi connectivity index (χ3n) is 8.90. The molecule has 0 aromatic heterocycles. The summed E-state index contributed by atoms with van der Waals surface area (Å²) in [4.78, 5) is 34.9. The summed E-state index contributed by atoms with van der Waals surface area (Å²) in [6, 6.07) is 0. The molecule has 0 aliphatic rings. The average molecular weight is 743 g/mol. The molecule has 0 saturated carbocycles. The largest absolute Gasteiger partial charge is 0.472 e. The molecule has 2 unspecified atom stereocenters. The van der Waals surface area contributed by atoms with Gasteiger partial charge < -0.3 is 14.4 Å². The van der Waals surface area contributed by atoms with E-state index in [0.29, 0.717) is 12.8 Å². The van der Waals surface area contributed by atoms with Crippen molar-refractivity contribution in [1.82, 2.24) is 0 Å². The Morgan fingerprint density at radius 3 is 1.33 bits per heavy atom. The molecule has 0 aliphatic heterocycles. The molecular formula is C42H79O8P. The first-order valence-corrected chi connectivity index (χ1v) is 22.6. The molecule has 0 saturated heterocycles. The van der Waals surface area contributed by atoms with Crippen molar-refractivity contribution in [2.45, 2.75) is 213 Å². The number of unbranched alkanes of at least 4 members (excludes halogenated alkanes) is 22. The maximum absolute atomic E-state index is 12.6. The van der Waals surface area contributed by atoms with Crippen LogP contribution in [0.5, 0.6) is 0 Å². The third kappa shape index (κ3) is 38.1. The molecule has 9 heteroatoms. The number of ether oxygens (including phenoxy) is 2. The minimum atomic E-state index is -4.29. The number of phosphoric acid groups is 1. The Hall–Kier alpha value is -1.47. The SMILES string of the molecule is CCCCCCCC/C=C/CCCCCCCC(=O)OCC(COP(=O)(O)OCCC)OC(=O)CCCCCCC/C=C/CCCCCCCC. The minimum absolute atomic E-state index is 0.0681. The fourth-order valence-corrected chi connectivity index (χ4v) is 6.56. The van der Waals surface area contributed by atoms with Crippen LogP contribution in [0.25, 0.3) is 0 Å². The van der Waals surface area contributed by atoms with Crippen molar-refractivity contribution in [2.24, 2.45) is 0 Å². The second-order valence-corrected chi connectivity index (χ2v) is 15.5. The highest BCUT2D eigenvalue weighted by atomic mass is 31.2. The number of carbonyl (C=O) groups excluding carboxylic acids is 2. The van der Waals surface area contributed by atoms with Crippen molar-refractivity contribution in [1.29, 1.82) is 0 Å². The van der Waals surface area contributed by atoms with Crippen LogP contribution in [-0.4, -0.2) is 42.8 Å². The molecule has 0 aliphatic carbocycles. The zero-order valence-corrected chi connectivity index (χ0v) is 34.2. The summed E-state index contributed by atoms with van der Waals surface area (Å²) >= 11 is 0. The van der Waals surface area contributed by atoms with Crippen LogP contribution in [0.4, 0.5) is 0 Å². The monoisotopic (exact) mass is 743 g/mol. The van der Waals surface area contributed by atoms with Crippen LogP contribution in [0.1, 0.15) is 207 Å². The summed E-state index contributed by atoms with van der Waals surface area (Å²) in [5, 5.41) is 0. The van der Waals surface area contributed by atoms with Gasteiger partial charge in [-0.3, -0.25) is 18.6 Å². The van der Waals surface area contributed by atoms with Gasteiger partial charge in [-0.15, -0.1) is 0 Å². The van der Waals surface area contributed by atoms with Gasteiger partial charge in [0.05, 0.1) is 13.2 Å². The molecule has 0 spiro atoms. The van der Waals surface area contributed by atoms with Gasteiger partial charge in [-0.25, -0.2) is 4.57 Å². The second-order valence-electron chi connectivity index (χ2n) is 14.1. The van der Waals surface area contributed by atoms with Gasteiger partial charge in [0.2, 0.25) is 0 Å². The smallest absolute Gasteiger partial charge is 0.462 e. The molecule has 0 bridgehead atoms. The van der Waals surface area contributed by atoms with Gasteiger partial charge in [0.15, 0.2) is 6.10 Å². The molecule has 0 aromatic rings. The van der Waals surface area contributed by atoms with Gasteiger partial charge in [-0.05, 0) is 70.6 Å². The van der Waals surface area contributed by atoms with Crippen LogP contribution in [0.2, 0.25) is 0 Å². The van der Waals surface area contributed by atoms with Crippen LogP contribution in [0.3, 0.4) is 0 Å². The van der Waals surface area contributed by atoms with Crippen molar-refractivity contribution in [3.8, 4) is 0 Å². The van der Waals surface area contributed by atoms with Gasteiger partial charge in [-0.2, -0.15) is 0 Å². The number of carbonyl (C=O) groups is 2. The number of hydrogen-bond acceptors (Lipinski definition) is 7. The van der Waals surface area contributed by atoms with E-state index < -0.39 is 26.5 Å². The van der Waals surface area contributed by atoms with E-state index >= 15 is 0 Å². The lowest BCUT2D eigenvalue weighted by Crippen LogP contribution is -2.29. The Balaban J connectivity index is 4.20. The fourth-order valence-electron chi connectivity index (χ4n) is 5.72. The summed E-state index contributed by atoms with van der Waals surface area (Å²) in [5.74, 6) is -0.808. The van der Waals surface area contributed by atoms with Gasteiger partial charge in [-0.1, -0.05) is 148 Å². The van der Waals surface area contributed by atoms with E-state index in [1.165, 1.54) is 89.9 Å². The Morgan fingerprint density at radius 2 is 0.902 bits per heavy atom. The number of allylic oxidation sites excluding steroid dienone is 4. The molecule has 0 aromatic carbocycles. The fraction of sp³-hybridized carbons (Fsp3) is 0.857. The molecule has 0 fully saturated rings. The highest BCUT2D eigenvalue weighted by Crippen LogP contribution is 2.43. The van der Waals surface area contributed by atoms with Crippen LogP contribution >= 0.6 is 7.82 Å². The zero-order valence-electron chi connectivity index (χ0n) is 33.3. The quantitative estimate of drug-likeness (QED) is 0.0287. The molecule has 0 heterocycles. The van der Waals surface area contributed by atoms with Crippen LogP contribution < -0.4 is 0 Å². The predicted molar refractivity (Wildman–Crippen MR) is 212 cm³/mol. The number of phosphoric ester groups is 1. The van der Waals surface area contributed by atoms with Gasteiger partial charge >= 0.3 is 19.8 Å². The number of hydrogen-bond donors (Lipinski definition) is 1. The Morgan fingerprint density at radius 1 is 0.510 bits per heavy atom. The van der Waals surface area contributed by atoms with E-state index in [-0.39, 0.29) is 32.0 Å². The predicted octanol–water partition coefficient (Wildman–Crippen LogP) is 13.1. The van der Waals surface area contributed by atoms with Gasteiger partial charge in [0.1, 0.15) is 6.61 Å². The second kappa shape index (κ2) is 38.3. The molecule has 0 rings (SSSR count). The lowest BCUT2D eigenvalue weighted by atomic mass is 10.1. The maximum Gasteiger partial charge on any atom is 0.472 e. The number of rotatable bonds is 39. The Bertz CT molecular complexity index is 890. The molecule has 51 heavy (non-hydrogen) atoms. The van der Waals surface area contributed by atoms with E-state index in [2.05, 4.69) is 38.2 Å². The zero-order chi connectivity index (χ0) is 37.5.